The number of rotatable bonds is 21. The number of nitrogens with zero attached hydrogens (tertiary/aromatic N) is 6. The van der Waals surface area contributed by atoms with Gasteiger partial charge < -0.3 is 0 Å². The number of hydrogen-bond acceptors (Lipinski definition) is 12. The van der Waals surface area contributed by atoms with Gasteiger partial charge in [0.15, 0.2) is 0 Å². The van der Waals surface area contributed by atoms with Gasteiger partial charge in [-0.25, -0.2) is 28.4 Å². The fraction of sp³-hybridized carbons (Fsp3) is 0.857. The van der Waals surface area contributed by atoms with Crippen LogP contribution in [0.4, 0.5) is 202 Å². The predicted octanol–water partition coefficient (Wildman–Crippen LogP) is 12.6. The van der Waals surface area contributed by atoms with Gasteiger partial charge in [-0.3, -0.25) is 0 Å². The van der Waals surface area contributed by atoms with Crippen molar-refractivity contribution in [2.45, 2.75) is 111 Å². The molecule has 0 spiro atoms. The lowest BCUT2D eigenvalue weighted by molar-refractivity contribution is -0.503. The van der Waals surface area contributed by atoms with Gasteiger partial charge in [0.05, 0.1) is 0 Å². The molecular formula is C21F42N6O6. The zero-order chi connectivity index (χ0) is 60.8. The van der Waals surface area contributed by atoms with Gasteiger partial charge in [-0.2, -0.15) is 148 Å². The van der Waals surface area contributed by atoms with Crippen molar-refractivity contribution in [3.63, 3.8) is 0 Å². The van der Waals surface area contributed by atoms with Crippen molar-refractivity contribution in [1.29, 1.82) is 0 Å². The maximum absolute atomic E-state index is 15.3. The third-order valence-corrected chi connectivity index (χ3v) is 6.50. The largest absolute Gasteiger partial charge is 0.528 e. The number of aromatic nitrogens is 3. The summed E-state index contributed by atoms with van der Waals surface area (Å²) >= 11 is 0. The highest BCUT2D eigenvalue weighted by Crippen LogP contribution is 2.63. The molecule has 0 aromatic carbocycles. The van der Waals surface area contributed by atoms with Gasteiger partial charge in [0.1, 0.15) is 0 Å². The van der Waals surface area contributed by atoms with Gasteiger partial charge in [0.2, 0.25) is 17.8 Å². The van der Waals surface area contributed by atoms with E-state index in [4.69, 9.17) is 0 Å². The number of halogens is 42. The van der Waals surface area contributed by atoms with Gasteiger partial charge in [0, 0.05) is 0 Å². The lowest BCUT2D eigenvalue weighted by atomic mass is 9.93. The molecule has 1 aromatic rings. The summed E-state index contributed by atoms with van der Waals surface area (Å²) in [5.74, 6) is -63.6. The molecule has 1 aromatic heterocycles. The van der Waals surface area contributed by atoms with Gasteiger partial charge >= 0.3 is 111 Å². The Labute approximate surface area is 373 Å². The summed E-state index contributed by atoms with van der Waals surface area (Å²) in [6.07, 6.45) is -108. The Kier molecular flexibility index (Phi) is 17.3. The first-order chi connectivity index (χ1) is 31.9. The molecule has 0 N–H and O–H groups in total. The fourth-order valence-corrected chi connectivity index (χ4v) is 3.94. The van der Waals surface area contributed by atoms with E-state index in [1.807, 2.05) is 0 Å². The van der Waals surface area contributed by atoms with Gasteiger partial charge in [0.25, 0.3) is 0 Å². The van der Waals surface area contributed by atoms with Gasteiger partial charge in [-0.05, 0) is 0 Å². The SMILES string of the molecule is FC(F)(F)OC(F)(F)N(c1nc(N(C(F)(F)OC(F)(F)F)C(F)(F)OC(F)(F)F)nc(N(C(F)(F)OC(F)(F)F)C(F)(F)OC(F)(F)C(F)(F)C(F)(F)C(F)(F)C(F)(F)C(F)(F)C(F)(F)F)n1)C(F)(F)OC(F)(F)F. The first kappa shape index (κ1) is 68.2. The molecule has 1 rings (SSSR count). The normalized spacial score (nSPS) is 15.9. The van der Waals surface area contributed by atoms with Crippen molar-refractivity contribution < 1.29 is 213 Å². The van der Waals surface area contributed by atoms with Crippen molar-refractivity contribution >= 4 is 17.8 Å². The van der Waals surface area contributed by atoms with E-state index in [0.29, 0.717) is 9.97 Å². The van der Waals surface area contributed by atoms with Crippen LogP contribution in [0.1, 0.15) is 0 Å². The Balaban J connectivity index is 5.11. The van der Waals surface area contributed by atoms with Crippen LogP contribution in [-0.4, -0.2) is 126 Å². The Morgan fingerprint density at radius 2 is 0.373 bits per heavy atom. The number of alkyl halides is 42. The van der Waals surface area contributed by atoms with E-state index in [1.54, 1.807) is 0 Å². The molecule has 0 aliphatic heterocycles. The van der Waals surface area contributed by atoms with Crippen LogP contribution in [0.25, 0.3) is 0 Å². The molecule has 1 heterocycles. The standard InChI is InChI=1S/C21F42N6O6/c22-4(23,5(24,25)7(28,29)9(32,33)34)6(26,27)8(30,31)10(35,36)70-16(52,53)67(17(54,55)71-11(37,38)39)1-64-2(68(18(56,57)72-12(40,41)42)19(58,59)73-13(43,44)45)66-3(65-1)69(20(60,61)74-14(46,47)48)21(62,63)75-15(49,50)51. The molecule has 0 fully saturated rings. The summed E-state index contributed by atoms with van der Waals surface area (Å²) in [4.78, 5) is -11.3. The average Bonchev–Trinajstić information content (AvgIpc) is 3.00. The van der Waals surface area contributed by atoms with Gasteiger partial charge in [-0.1, -0.05) is 0 Å². The molecule has 0 bridgehead atoms. The highest BCUT2D eigenvalue weighted by Gasteiger charge is 2.94. The van der Waals surface area contributed by atoms with Crippen LogP contribution in [0.3, 0.4) is 0 Å². The molecule has 0 saturated carbocycles. The maximum Gasteiger partial charge on any atom is 0.528 e. The maximum atomic E-state index is 15.3. The van der Waals surface area contributed by atoms with E-state index in [1.165, 1.54) is 23.7 Å². The van der Waals surface area contributed by atoms with Crippen molar-refractivity contribution in [3.8, 4) is 0 Å². The lowest BCUT2D eigenvalue weighted by Gasteiger charge is -2.42. The van der Waals surface area contributed by atoms with Crippen LogP contribution in [0, 0.1) is 0 Å². The molecule has 0 radical (unpaired) electrons. The summed E-state index contributed by atoms with van der Waals surface area (Å²) in [6, 6.07) is 0. The van der Waals surface area contributed by atoms with Crippen LogP contribution in [0.5, 0.6) is 0 Å². The minimum atomic E-state index is -9.86. The molecule has 0 atom stereocenters. The van der Waals surface area contributed by atoms with E-state index in [2.05, 4.69) is 0 Å². The number of ether oxygens (including phenoxy) is 6. The smallest absolute Gasteiger partial charge is 0.231 e. The van der Waals surface area contributed by atoms with E-state index in [-0.39, 0.29) is 0 Å². The molecule has 0 aliphatic rings. The second-order valence-corrected chi connectivity index (χ2v) is 11.9. The molecule has 12 nitrogen and oxygen atoms in total. The van der Waals surface area contributed by atoms with Crippen LogP contribution in [0.15, 0.2) is 0 Å². The molecule has 0 aliphatic carbocycles. The summed E-state index contributed by atoms with van der Waals surface area (Å²) in [5, 5.41) is 0. The highest BCUT2D eigenvalue weighted by atomic mass is 19.5. The molecule has 0 unspecified atom stereocenters. The highest BCUT2D eigenvalue weighted by molar-refractivity contribution is 5.49. The average molecular weight is 1230 g/mol. The fourth-order valence-electron chi connectivity index (χ4n) is 3.94. The molecule has 0 saturated heterocycles. The van der Waals surface area contributed by atoms with Crippen molar-refractivity contribution in [3.05, 3.63) is 0 Å². The monoisotopic (exact) mass is 1230 g/mol. The zero-order valence-electron chi connectivity index (χ0n) is 31.5. The summed E-state index contributed by atoms with van der Waals surface area (Å²) in [5.41, 5.74) is 0. The van der Waals surface area contributed by atoms with E-state index >= 15 is 8.78 Å². The summed E-state index contributed by atoms with van der Waals surface area (Å²) < 4.78 is 582. The Morgan fingerprint density at radius 3 is 0.547 bits per heavy atom. The Morgan fingerprint density at radius 1 is 0.213 bits per heavy atom. The van der Waals surface area contributed by atoms with Crippen LogP contribution < -0.4 is 14.7 Å². The Bertz CT molecular complexity index is 1990. The number of anilines is 3. The second-order valence-electron chi connectivity index (χ2n) is 11.9. The zero-order valence-corrected chi connectivity index (χ0v) is 31.5. The van der Waals surface area contributed by atoms with E-state index < -0.39 is 144 Å². The molecule has 54 heteroatoms. The lowest BCUT2D eigenvalue weighted by Crippen LogP contribution is -2.73. The van der Waals surface area contributed by atoms with Crippen molar-refractivity contribution in [2.24, 2.45) is 0 Å². The third-order valence-electron chi connectivity index (χ3n) is 6.50. The second kappa shape index (κ2) is 19.0. The minimum absolute atomic E-state index is 0.703. The van der Waals surface area contributed by atoms with Crippen LogP contribution in [-0.2, 0) is 28.4 Å². The minimum Gasteiger partial charge on any atom is -0.231 e. The first-order valence-corrected chi connectivity index (χ1v) is 15.2. The van der Waals surface area contributed by atoms with Gasteiger partial charge in [-0.15, -0.1) is 65.9 Å². The third kappa shape index (κ3) is 14.8. The number of hydrogen-bond donors (Lipinski definition) is 0. The topological polar surface area (TPSA) is 104 Å². The van der Waals surface area contributed by atoms with Crippen LogP contribution in [0.2, 0.25) is 0 Å². The molecule has 0 amide bonds. The molecule has 444 valence electrons. The first-order valence-electron chi connectivity index (χ1n) is 15.2. The summed E-state index contributed by atoms with van der Waals surface area (Å²) in [6.45, 7) is 0. The Hall–Kier alpha value is -4.77. The van der Waals surface area contributed by atoms with Crippen molar-refractivity contribution in [2.75, 3.05) is 14.7 Å². The molecular weight excluding hydrogens is 1230 g/mol. The summed E-state index contributed by atoms with van der Waals surface area (Å²) in [7, 11) is 0. The molecule has 75 heavy (non-hydrogen) atoms. The predicted molar refractivity (Wildman–Crippen MR) is 129 cm³/mol. The van der Waals surface area contributed by atoms with Crippen molar-refractivity contribution in [1.82, 2.24) is 15.0 Å². The quantitative estimate of drug-likeness (QED) is 0.0665. The van der Waals surface area contributed by atoms with E-state index in [0.717, 1.165) is 9.72 Å². The van der Waals surface area contributed by atoms with Crippen LogP contribution >= 0.6 is 0 Å². The van der Waals surface area contributed by atoms with E-state index in [9.17, 15) is 176 Å².